The van der Waals surface area contributed by atoms with Gasteiger partial charge < -0.3 is 9.73 Å². The molecule has 0 unspecified atom stereocenters. The molecule has 1 atom stereocenters. The zero-order chi connectivity index (χ0) is 24.0. The van der Waals surface area contributed by atoms with Crippen LogP contribution in [-0.2, 0) is 23.4 Å². The summed E-state index contributed by atoms with van der Waals surface area (Å²) in [5.74, 6) is -2.23. The van der Waals surface area contributed by atoms with Crippen LogP contribution in [0.2, 0.25) is 0 Å². The molecule has 172 valence electrons. The molecule has 3 amide bonds. The molecular formula is C24H18F2N4O4. The lowest BCUT2D eigenvalue weighted by Crippen LogP contribution is -2.41. The highest BCUT2D eigenvalue weighted by Crippen LogP contribution is 2.30. The minimum absolute atomic E-state index is 0.0447. The Morgan fingerprint density at radius 1 is 1.00 bits per heavy atom. The lowest BCUT2D eigenvalue weighted by Gasteiger charge is -2.22. The second-order valence-electron chi connectivity index (χ2n) is 8.09. The minimum Gasteiger partial charge on any atom is -0.467 e. The van der Waals surface area contributed by atoms with Crippen LogP contribution in [0.4, 0.5) is 13.6 Å². The van der Waals surface area contributed by atoms with Crippen molar-refractivity contribution >= 4 is 22.8 Å². The van der Waals surface area contributed by atoms with E-state index in [9.17, 15) is 23.2 Å². The van der Waals surface area contributed by atoms with Crippen molar-refractivity contribution in [3.05, 3.63) is 100.0 Å². The molecule has 0 bridgehead atoms. The van der Waals surface area contributed by atoms with Crippen LogP contribution < -0.4 is 10.9 Å². The molecule has 1 fully saturated rings. The molecule has 5 rings (SSSR count). The summed E-state index contributed by atoms with van der Waals surface area (Å²) < 4.78 is 33.9. The van der Waals surface area contributed by atoms with E-state index in [-0.39, 0.29) is 30.0 Å². The smallest absolute Gasteiger partial charge is 0.325 e. The summed E-state index contributed by atoms with van der Waals surface area (Å²) in [5.41, 5.74) is -1.47. The topological polar surface area (TPSA) is 97.4 Å². The van der Waals surface area contributed by atoms with Gasteiger partial charge in [0.25, 0.3) is 11.5 Å². The molecule has 1 saturated heterocycles. The van der Waals surface area contributed by atoms with Crippen molar-refractivity contribution in [3.8, 4) is 0 Å². The van der Waals surface area contributed by atoms with Crippen LogP contribution >= 0.6 is 0 Å². The number of rotatable bonds is 5. The monoisotopic (exact) mass is 464 g/mol. The number of imide groups is 1. The van der Waals surface area contributed by atoms with Gasteiger partial charge in [0.2, 0.25) is 0 Å². The molecule has 1 aliphatic heterocycles. The Hall–Kier alpha value is -4.34. The Balaban J connectivity index is 1.56. The number of nitrogens with one attached hydrogen (secondary N) is 1. The van der Waals surface area contributed by atoms with Crippen molar-refractivity contribution < 1.29 is 22.8 Å². The highest BCUT2D eigenvalue weighted by Gasteiger charge is 2.49. The molecule has 1 aliphatic rings. The summed E-state index contributed by atoms with van der Waals surface area (Å²) in [5, 5.41) is 2.92. The van der Waals surface area contributed by atoms with Crippen LogP contribution in [0.1, 0.15) is 24.1 Å². The zero-order valence-corrected chi connectivity index (χ0v) is 17.9. The van der Waals surface area contributed by atoms with Crippen molar-refractivity contribution in [3.63, 3.8) is 0 Å². The minimum atomic E-state index is -1.62. The third-order valence-electron chi connectivity index (χ3n) is 5.91. The molecule has 2 aromatic carbocycles. The van der Waals surface area contributed by atoms with Gasteiger partial charge in [-0.3, -0.25) is 19.1 Å². The predicted octanol–water partition coefficient (Wildman–Crippen LogP) is 3.28. The lowest BCUT2D eigenvalue weighted by atomic mass is 9.92. The number of nitrogens with zero attached hydrogens (tertiary/aromatic N) is 3. The maximum atomic E-state index is 13.8. The molecule has 34 heavy (non-hydrogen) atoms. The average molecular weight is 464 g/mol. The molecule has 1 N–H and O–H groups in total. The maximum absolute atomic E-state index is 13.8. The quantitative estimate of drug-likeness (QED) is 0.457. The fourth-order valence-electron chi connectivity index (χ4n) is 4.04. The Labute approximate surface area is 191 Å². The molecule has 2 aromatic heterocycles. The van der Waals surface area contributed by atoms with Gasteiger partial charge in [-0.05, 0) is 48.9 Å². The fraction of sp³-hybridized carbons (Fsp3) is 0.167. The molecule has 8 nitrogen and oxygen atoms in total. The third kappa shape index (κ3) is 3.43. The number of hydrogen-bond acceptors (Lipinski definition) is 5. The largest absolute Gasteiger partial charge is 0.467 e. The number of halogens is 2. The van der Waals surface area contributed by atoms with Gasteiger partial charge in [0.15, 0.2) is 11.6 Å². The molecule has 10 heteroatoms. The van der Waals surface area contributed by atoms with Crippen LogP contribution in [0.3, 0.4) is 0 Å². The second kappa shape index (κ2) is 7.91. The average Bonchev–Trinajstić information content (AvgIpc) is 3.41. The van der Waals surface area contributed by atoms with Crippen LogP contribution in [0, 0.1) is 11.6 Å². The molecule has 3 heterocycles. The number of benzene rings is 2. The maximum Gasteiger partial charge on any atom is 0.325 e. The number of urea groups is 1. The second-order valence-corrected chi connectivity index (χ2v) is 8.09. The number of amides is 3. The molecule has 4 aromatic rings. The number of carbonyl (C=O) groups excluding carboxylic acids is 2. The van der Waals surface area contributed by atoms with Crippen molar-refractivity contribution in [1.82, 2.24) is 19.8 Å². The van der Waals surface area contributed by atoms with Crippen LogP contribution in [-0.4, -0.2) is 26.4 Å². The van der Waals surface area contributed by atoms with E-state index in [0.717, 1.165) is 17.0 Å². The Morgan fingerprint density at radius 3 is 2.53 bits per heavy atom. The van der Waals surface area contributed by atoms with Crippen LogP contribution in [0.25, 0.3) is 10.9 Å². The number of para-hydroxylation sites is 1. The summed E-state index contributed by atoms with van der Waals surface area (Å²) in [6, 6.07) is 12.4. The van der Waals surface area contributed by atoms with Gasteiger partial charge in [0.05, 0.1) is 30.3 Å². The summed E-state index contributed by atoms with van der Waals surface area (Å²) in [4.78, 5) is 44.8. The molecule has 0 spiro atoms. The molecule has 0 radical (unpaired) electrons. The molecular weight excluding hydrogens is 446 g/mol. The Bertz CT molecular complexity index is 1500. The highest BCUT2D eigenvalue weighted by atomic mass is 19.2. The van der Waals surface area contributed by atoms with Gasteiger partial charge in [-0.25, -0.2) is 18.6 Å². The van der Waals surface area contributed by atoms with Crippen molar-refractivity contribution in [2.45, 2.75) is 25.6 Å². The van der Waals surface area contributed by atoms with Gasteiger partial charge >= 0.3 is 6.03 Å². The first-order valence-corrected chi connectivity index (χ1v) is 10.4. The normalized spacial score (nSPS) is 18.0. The van der Waals surface area contributed by atoms with Crippen molar-refractivity contribution in [1.29, 1.82) is 0 Å². The van der Waals surface area contributed by atoms with Gasteiger partial charge in [-0.1, -0.05) is 18.2 Å². The van der Waals surface area contributed by atoms with Gasteiger partial charge in [-0.15, -0.1) is 0 Å². The summed E-state index contributed by atoms with van der Waals surface area (Å²) in [7, 11) is 0. The Kier molecular flexibility index (Phi) is 5.00. The van der Waals surface area contributed by atoms with E-state index in [1.54, 1.807) is 36.4 Å². The molecule has 0 aliphatic carbocycles. The first kappa shape index (κ1) is 21.5. The lowest BCUT2D eigenvalue weighted by molar-refractivity contribution is -0.131. The number of hydrogen-bond donors (Lipinski definition) is 1. The number of aromatic nitrogens is 2. The summed E-state index contributed by atoms with van der Waals surface area (Å²) >= 11 is 0. The number of furan rings is 1. The zero-order valence-electron chi connectivity index (χ0n) is 17.9. The standard InChI is InChI=1S/C24H18F2N4O4/c1-24(14-8-9-17(25)18(26)11-14)22(32)30(23(33)28-24)13-20-27-19-7-3-2-6-16(19)21(31)29(20)12-15-5-4-10-34-15/h2-11H,12-13H2,1H3,(H,28,33)/t24-/m0/s1. The van der Waals surface area contributed by atoms with E-state index >= 15 is 0 Å². The van der Waals surface area contributed by atoms with Crippen LogP contribution in [0.15, 0.2) is 70.1 Å². The van der Waals surface area contributed by atoms with E-state index in [0.29, 0.717) is 16.7 Å². The highest BCUT2D eigenvalue weighted by molar-refractivity contribution is 6.07. The molecule has 0 saturated carbocycles. The third-order valence-corrected chi connectivity index (χ3v) is 5.91. The Morgan fingerprint density at radius 2 is 1.79 bits per heavy atom. The van der Waals surface area contributed by atoms with E-state index < -0.39 is 29.1 Å². The summed E-state index contributed by atoms with van der Waals surface area (Å²) in [6.07, 6.45) is 1.47. The number of carbonyl (C=O) groups is 2. The fourth-order valence-corrected chi connectivity index (χ4v) is 4.04. The van der Waals surface area contributed by atoms with E-state index in [2.05, 4.69) is 10.3 Å². The van der Waals surface area contributed by atoms with Gasteiger partial charge in [0, 0.05) is 0 Å². The summed E-state index contributed by atoms with van der Waals surface area (Å²) in [6.45, 7) is 1.14. The van der Waals surface area contributed by atoms with E-state index in [1.807, 2.05) is 0 Å². The first-order valence-electron chi connectivity index (χ1n) is 10.4. The van der Waals surface area contributed by atoms with E-state index in [4.69, 9.17) is 4.42 Å². The SMILES string of the molecule is C[C@@]1(c2ccc(F)c(F)c2)NC(=O)N(Cc2nc3ccccc3c(=O)n2Cc2ccco2)C1=O. The predicted molar refractivity (Wildman–Crippen MR) is 117 cm³/mol. The van der Waals surface area contributed by atoms with Gasteiger partial charge in [0.1, 0.15) is 17.1 Å². The van der Waals surface area contributed by atoms with Crippen molar-refractivity contribution in [2.75, 3.05) is 0 Å². The van der Waals surface area contributed by atoms with Crippen molar-refractivity contribution in [2.24, 2.45) is 0 Å². The van der Waals surface area contributed by atoms with Gasteiger partial charge in [-0.2, -0.15) is 0 Å². The van der Waals surface area contributed by atoms with Crippen LogP contribution in [0.5, 0.6) is 0 Å². The number of fused-ring (bicyclic) bond motifs is 1. The van der Waals surface area contributed by atoms with E-state index in [1.165, 1.54) is 23.8 Å². The first-order chi connectivity index (χ1) is 16.3.